The Balaban J connectivity index is 1.93. The van der Waals surface area contributed by atoms with E-state index >= 15 is 0 Å². The second-order valence-electron chi connectivity index (χ2n) is 6.34. The van der Waals surface area contributed by atoms with Crippen molar-refractivity contribution < 1.29 is 0 Å². The number of nitrogens with zero attached hydrogens (tertiary/aromatic N) is 1. The molecule has 3 unspecified atom stereocenters. The predicted molar refractivity (Wildman–Crippen MR) is 88.1 cm³/mol. The molecule has 108 valence electrons. The maximum atomic E-state index is 6.14. The fourth-order valence-electron chi connectivity index (χ4n) is 3.69. The Morgan fingerprint density at radius 2 is 1.95 bits per heavy atom. The monoisotopic (exact) mass is 288 g/mol. The number of likely N-dealkylation sites (tertiary alicyclic amines) is 1. The fraction of sp³-hybridized carbons (Fsp3) is 0.529. The lowest BCUT2D eigenvalue weighted by Crippen LogP contribution is -2.43. The van der Waals surface area contributed by atoms with E-state index in [1.165, 1.54) is 35.2 Å². The van der Waals surface area contributed by atoms with Gasteiger partial charge in [-0.1, -0.05) is 32.0 Å². The zero-order valence-electron chi connectivity index (χ0n) is 12.4. The summed E-state index contributed by atoms with van der Waals surface area (Å²) in [6, 6.07) is 9.06. The fourth-order valence-corrected chi connectivity index (χ4v) is 4.70. The van der Waals surface area contributed by atoms with Crippen molar-refractivity contribution in [1.29, 1.82) is 0 Å². The standard InChI is InChI=1S/C17H24N2S/c1-12-7-13(2)10-19(9-12)16(8-18)15-11-20-17-6-4-3-5-14(15)17/h3-6,11-13,16H,7-10,18H2,1-2H3. The average Bonchev–Trinajstić information content (AvgIpc) is 2.83. The zero-order valence-corrected chi connectivity index (χ0v) is 13.2. The highest BCUT2D eigenvalue weighted by Crippen LogP contribution is 2.35. The number of thiophene rings is 1. The molecular weight excluding hydrogens is 264 g/mol. The Kier molecular flexibility index (Phi) is 4.11. The number of hydrogen-bond donors (Lipinski definition) is 1. The minimum Gasteiger partial charge on any atom is -0.329 e. The van der Waals surface area contributed by atoms with Crippen LogP contribution >= 0.6 is 11.3 Å². The predicted octanol–water partition coefficient (Wildman–Crippen LogP) is 3.88. The van der Waals surface area contributed by atoms with Crippen molar-refractivity contribution in [1.82, 2.24) is 4.90 Å². The lowest BCUT2D eigenvalue weighted by Gasteiger charge is -2.39. The third-order valence-electron chi connectivity index (χ3n) is 4.43. The van der Waals surface area contributed by atoms with E-state index in [1.54, 1.807) is 0 Å². The third-order valence-corrected chi connectivity index (χ3v) is 5.41. The maximum absolute atomic E-state index is 6.14. The van der Waals surface area contributed by atoms with Gasteiger partial charge in [0.05, 0.1) is 0 Å². The van der Waals surface area contributed by atoms with Gasteiger partial charge in [-0.15, -0.1) is 11.3 Å². The van der Waals surface area contributed by atoms with Crippen LogP contribution in [0.5, 0.6) is 0 Å². The number of benzene rings is 1. The van der Waals surface area contributed by atoms with Gasteiger partial charge in [0.25, 0.3) is 0 Å². The topological polar surface area (TPSA) is 29.3 Å². The first-order valence-electron chi connectivity index (χ1n) is 7.59. The van der Waals surface area contributed by atoms with Gasteiger partial charge in [-0.3, -0.25) is 4.90 Å². The Bertz CT molecular complexity index is 567. The number of rotatable bonds is 3. The molecule has 20 heavy (non-hydrogen) atoms. The van der Waals surface area contributed by atoms with Crippen LogP contribution in [0.2, 0.25) is 0 Å². The molecule has 3 heteroatoms. The van der Waals surface area contributed by atoms with Crippen LogP contribution in [0, 0.1) is 11.8 Å². The first kappa shape index (κ1) is 14.1. The van der Waals surface area contributed by atoms with Gasteiger partial charge in [-0.05, 0) is 40.7 Å². The van der Waals surface area contributed by atoms with E-state index < -0.39 is 0 Å². The van der Waals surface area contributed by atoms with Crippen molar-refractivity contribution in [2.24, 2.45) is 17.6 Å². The first-order chi connectivity index (χ1) is 9.69. The smallest absolute Gasteiger partial charge is 0.0485 e. The highest BCUT2D eigenvalue weighted by atomic mass is 32.1. The summed E-state index contributed by atoms with van der Waals surface area (Å²) in [5.41, 5.74) is 7.57. The Morgan fingerprint density at radius 1 is 1.25 bits per heavy atom. The van der Waals surface area contributed by atoms with Gasteiger partial charge in [-0.25, -0.2) is 0 Å². The summed E-state index contributed by atoms with van der Waals surface area (Å²) in [7, 11) is 0. The molecule has 1 aliphatic rings. The van der Waals surface area contributed by atoms with Crippen molar-refractivity contribution in [3.05, 3.63) is 35.2 Å². The van der Waals surface area contributed by atoms with Gasteiger partial charge in [0.2, 0.25) is 0 Å². The summed E-state index contributed by atoms with van der Waals surface area (Å²) in [5.74, 6) is 1.55. The Hall–Kier alpha value is -0.900. The minimum atomic E-state index is 0.372. The van der Waals surface area contributed by atoms with Crippen molar-refractivity contribution in [2.75, 3.05) is 19.6 Å². The molecule has 0 bridgehead atoms. The number of piperidine rings is 1. The quantitative estimate of drug-likeness (QED) is 0.928. The van der Waals surface area contributed by atoms with Gasteiger partial charge in [-0.2, -0.15) is 0 Å². The van der Waals surface area contributed by atoms with Crippen molar-refractivity contribution >= 4 is 21.4 Å². The molecule has 1 aliphatic heterocycles. The SMILES string of the molecule is CC1CC(C)CN(C(CN)c2csc3ccccc23)C1. The van der Waals surface area contributed by atoms with Crippen LogP contribution in [0.25, 0.3) is 10.1 Å². The van der Waals surface area contributed by atoms with Gasteiger partial charge in [0.1, 0.15) is 0 Å². The highest BCUT2D eigenvalue weighted by molar-refractivity contribution is 7.17. The normalized spacial score (nSPS) is 25.9. The summed E-state index contributed by atoms with van der Waals surface area (Å²) in [5, 5.41) is 3.70. The van der Waals surface area contributed by atoms with E-state index in [0.29, 0.717) is 12.6 Å². The molecule has 0 radical (unpaired) electrons. The van der Waals surface area contributed by atoms with Crippen LogP contribution in [-0.2, 0) is 0 Å². The molecule has 2 N–H and O–H groups in total. The van der Waals surface area contributed by atoms with Crippen LogP contribution in [0.4, 0.5) is 0 Å². The van der Waals surface area contributed by atoms with Crippen LogP contribution < -0.4 is 5.73 Å². The lowest BCUT2D eigenvalue weighted by atomic mass is 9.89. The highest BCUT2D eigenvalue weighted by Gasteiger charge is 2.28. The zero-order chi connectivity index (χ0) is 14.1. The summed E-state index contributed by atoms with van der Waals surface area (Å²) in [6.45, 7) is 7.79. The minimum absolute atomic E-state index is 0.372. The molecule has 1 aromatic heterocycles. The molecule has 0 amide bonds. The third kappa shape index (κ3) is 2.62. The molecule has 2 nitrogen and oxygen atoms in total. The molecule has 1 saturated heterocycles. The van der Waals surface area contributed by atoms with E-state index in [-0.39, 0.29) is 0 Å². The van der Waals surface area contributed by atoms with Crippen LogP contribution in [0.1, 0.15) is 31.9 Å². The van der Waals surface area contributed by atoms with Gasteiger partial charge < -0.3 is 5.73 Å². The van der Waals surface area contributed by atoms with E-state index in [1.807, 2.05) is 11.3 Å². The summed E-state index contributed by atoms with van der Waals surface area (Å²) in [6.07, 6.45) is 1.35. The van der Waals surface area contributed by atoms with E-state index in [0.717, 1.165) is 11.8 Å². The van der Waals surface area contributed by atoms with E-state index in [4.69, 9.17) is 5.73 Å². The molecule has 2 heterocycles. The van der Waals surface area contributed by atoms with Crippen LogP contribution in [0.15, 0.2) is 29.6 Å². The summed E-state index contributed by atoms with van der Waals surface area (Å²) in [4.78, 5) is 2.60. The van der Waals surface area contributed by atoms with Gasteiger partial charge >= 0.3 is 0 Å². The van der Waals surface area contributed by atoms with Crippen molar-refractivity contribution in [3.63, 3.8) is 0 Å². The van der Waals surface area contributed by atoms with Crippen LogP contribution in [-0.4, -0.2) is 24.5 Å². The average molecular weight is 288 g/mol. The molecule has 0 spiro atoms. The van der Waals surface area contributed by atoms with Crippen LogP contribution in [0.3, 0.4) is 0 Å². The number of fused-ring (bicyclic) bond motifs is 1. The van der Waals surface area contributed by atoms with Gasteiger partial charge in [0, 0.05) is 30.4 Å². The molecule has 0 saturated carbocycles. The summed E-state index contributed by atoms with van der Waals surface area (Å²) < 4.78 is 1.37. The maximum Gasteiger partial charge on any atom is 0.0485 e. The lowest BCUT2D eigenvalue weighted by molar-refractivity contribution is 0.0992. The second kappa shape index (κ2) is 5.84. The largest absolute Gasteiger partial charge is 0.329 e. The van der Waals surface area contributed by atoms with E-state index in [2.05, 4.69) is 48.4 Å². The molecule has 2 aromatic rings. The molecule has 1 aromatic carbocycles. The van der Waals surface area contributed by atoms with Crippen molar-refractivity contribution in [2.45, 2.75) is 26.3 Å². The Morgan fingerprint density at radius 3 is 2.65 bits per heavy atom. The molecule has 3 rings (SSSR count). The Labute approximate surface area is 125 Å². The first-order valence-corrected chi connectivity index (χ1v) is 8.47. The second-order valence-corrected chi connectivity index (χ2v) is 7.25. The molecule has 1 fully saturated rings. The van der Waals surface area contributed by atoms with Crippen molar-refractivity contribution in [3.8, 4) is 0 Å². The molecule has 0 aliphatic carbocycles. The van der Waals surface area contributed by atoms with E-state index in [9.17, 15) is 0 Å². The number of nitrogens with two attached hydrogens (primary N) is 1. The molecule has 3 atom stereocenters. The molecular formula is C17H24N2S. The summed E-state index contributed by atoms with van der Waals surface area (Å²) >= 11 is 1.84. The number of hydrogen-bond acceptors (Lipinski definition) is 3. The van der Waals surface area contributed by atoms with Gasteiger partial charge in [0.15, 0.2) is 0 Å².